The fourth-order valence-electron chi connectivity index (χ4n) is 2.50. The molecule has 4 nitrogen and oxygen atoms in total. The van der Waals surface area contributed by atoms with E-state index in [1.807, 2.05) is 27.0 Å². The Hall–Kier alpha value is -0.810. The van der Waals surface area contributed by atoms with Crippen LogP contribution in [0.4, 0.5) is 5.82 Å². The fourth-order valence-corrected chi connectivity index (χ4v) is 2.90. The molecule has 5 heteroatoms. The van der Waals surface area contributed by atoms with Gasteiger partial charge in [0.1, 0.15) is 5.82 Å². The van der Waals surface area contributed by atoms with Gasteiger partial charge in [0.2, 0.25) is 0 Å². The Labute approximate surface area is 136 Å². The van der Waals surface area contributed by atoms with Gasteiger partial charge in [-0.1, -0.05) is 29.8 Å². The first-order valence-electron chi connectivity index (χ1n) is 7.65. The average Bonchev–Trinajstić information content (AvgIpc) is 2.44. The lowest BCUT2D eigenvalue weighted by atomic mass is 10.1. The topological polar surface area (TPSA) is 28.5 Å². The molecule has 2 rings (SSSR count). The van der Waals surface area contributed by atoms with Crippen molar-refractivity contribution >= 4 is 21.7 Å². The molecule has 0 atom stereocenters. The molecule has 0 aliphatic carbocycles. The number of pyridine rings is 1. The van der Waals surface area contributed by atoms with Gasteiger partial charge in [-0.3, -0.25) is 14.3 Å². The molecule has 0 radical (unpaired) electrons. The van der Waals surface area contributed by atoms with Gasteiger partial charge in [-0.05, 0) is 26.8 Å². The van der Waals surface area contributed by atoms with E-state index in [1.54, 1.807) is 10.6 Å². The smallest absolute Gasteiger partial charge is 0.252 e. The summed E-state index contributed by atoms with van der Waals surface area (Å²) in [7, 11) is 1.83. The summed E-state index contributed by atoms with van der Waals surface area (Å²) in [6.45, 7) is 14.7. The van der Waals surface area contributed by atoms with Crippen molar-refractivity contribution in [3.8, 4) is 0 Å². The molecule has 0 unspecified atom stereocenters. The fraction of sp³-hybridized carbons (Fsp3) is 0.688. The van der Waals surface area contributed by atoms with E-state index < -0.39 is 0 Å². The predicted octanol–water partition coefficient (Wildman–Crippen LogP) is 3.09. The lowest BCUT2D eigenvalue weighted by Gasteiger charge is -2.43. The number of aromatic nitrogens is 1. The summed E-state index contributed by atoms with van der Waals surface area (Å²) >= 11 is 3.41. The summed E-state index contributed by atoms with van der Waals surface area (Å²) in [6, 6.07) is 3.63. The van der Waals surface area contributed by atoms with Crippen LogP contribution in [0.3, 0.4) is 0 Å². The van der Waals surface area contributed by atoms with Gasteiger partial charge in [0.15, 0.2) is 0 Å². The van der Waals surface area contributed by atoms with E-state index in [9.17, 15) is 4.79 Å². The zero-order valence-corrected chi connectivity index (χ0v) is 15.7. The largest absolute Gasteiger partial charge is 0.355 e. The molecule has 0 aromatic carbocycles. The van der Waals surface area contributed by atoms with Crippen LogP contribution in [0.2, 0.25) is 0 Å². The van der Waals surface area contributed by atoms with E-state index in [1.165, 1.54) is 0 Å². The highest BCUT2D eigenvalue weighted by Crippen LogP contribution is 2.21. The minimum absolute atomic E-state index is 0.0302. The maximum absolute atomic E-state index is 11.8. The van der Waals surface area contributed by atoms with Crippen LogP contribution in [0, 0.1) is 0 Å². The summed E-state index contributed by atoms with van der Waals surface area (Å²) < 4.78 is 2.57. The van der Waals surface area contributed by atoms with Gasteiger partial charge in [-0.2, -0.15) is 0 Å². The maximum Gasteiger partial charge on any atom is 0.252 e. The van der Waals surface area contributed by atoms with Crippen molar-refractivity contribution in [3.05, 3.63) is 27.0 Å². The monoisotopic (exact) mass is 357 g/mol. The molecule has 1 aromatic rings. The summed E-state index contributed by atoms with van der Waals surface area (Å²) in [4.78, 5) is 16.6. The number of hydrogen-bond donors (Lipinski definition) is 0. The molecular weight excluding hydrogens is 330 g/mol. The molecule has 0 saturated carbocycles. The second kappa shape index (κ2) is 7.45. The highest BCUT2D eigenvalue weighted by molar-refractivity contribution is 9.10. The van der Waals surface area contributed by atoms with E-state index in [-0.39, 0.29) is 11.1 Å². The number of hydrogen-bond acceptors (Lipinski definition) is 3. The van der Waals surface area contributed by atoms with Crippen LogP contribution in [0.15, 0.2) is 21.4 Å². The normalized spacial score (nSPS) is 16.4. The Morgan fingerprint density at radius 2 is 1.57 bits per heavy atom. The molecule has 2 heterocycles. The minimum Gasteiger partial charge on any atom is -0.355 e. The van der Waals surface area contributed by atoms with Crippen molar-refractivity contribution in [1.82, 2.24) is 9.47 Å². The van der Waals surface area contributed by atoms with Gasteiger partial charge < -0.3 is 4.90 Å². The molecule has 120 valence electrons. The molecule has 1 aliphatic heterocycles. The summed E-state index contributed by atoms with van der Waals surface area (Å²) in [5.74, 6) is 0.993. The van der Waals surface area contributed by atoms with Crippen molar-refractivity contribution in [2.24, 2.45) is 7.05 Å². The minimum atomic E-state index is 0.0302. The van der Waals surface area contributed by atoms with E-state index in [0.29, 0.717) is 0 Å². The van der Waals surface area contributed by atoms with Gasteiger partial charge in [0.25, 0.3) is 5.56 Å². The van der Waals surface area contributed by atoms with Crippen molar-refractivity contribution in [2.45, 2.75) is 40.2 Å². The van der Waals surface area contributed by atoms with Crippen LogP contribution >= 0.6 is 15.9 Å². The second-order valence-electron chi connectivity index (χ2n) is 6.07. The first kappa shape index (κ1) is 18.2. The first-order valence-corrected chi connectivity index (χ1v) is 8.45. The molecule has 1 fully saturated rings. The van der Waals surface area contributed by atoms with Gasteiger partial charge in [0.05, 0.1) is 0 Å². The lowest BCUT2D eigenvalue weighted by Crippen LogP contribution is -2.54. The first-order chi connectivity index (χ1) is 9.79. The van der Waals surface area contributed by atoms with Crippen LogP contribution in [-0.4, -0.2) is 41.2 Å². The van der Waals surface area contributed by atoms with Crippen LogP contribution in [0.1, 0.15) is 34.6 Å². The summed E-state index contributed by atoms with van der Waals surface area (Å²) in [5.41, 5.74) is 0.248. The Balaban J connectivity index is 0.00000106. The average molecular weight is 358 g/mol. The number of anilines is 1. The Morgan fingerprint density at radius 1 is 1.05 bits per heavy atom. The number of piperazine rings is 1. The number of rotatable bonds is 1. The van der Waals surface area contributed by atoms with E-state index >= 15 is 0 Å². The van der Waals surface area contributed by atoms with E-state index in [0.717, 1.165) is 36.5 Å². The Kier molecular flexibility index (Phi) is 6.47. The molecule has 0 spiro atoms. The Morgan fingerprint density at radius 3 is 2.05 bits per heavy atom. The highest BCUT2D eigenvalue weighted by Gasteiger charge is 2.26. The zero-order valence-electron chi connectivity index (χ0n) is 14.1. The molecule has 0 amide bonds. The third-order valence-electron chi connectivity index (χ3n) is 3.75. The molecule has 21 heavy (non-hydrogen) atoms. The van der Waals surface area contributed by atoms with Crippen molar-refractivity contribution in [2.75, 3.05) is 31.1 Å². The highest BCUT2D eigenvalue weighted by atomic mass is 79.9. The zero-order chi connectivity index (χ0) is 16.2. The van der Waals surface area contributed by atoms with Gasteiger partial charge in [-0.15, -0.1) is 0 Å². The van der Waals surface area contributed by atoms with Crippen LogP contribution < -0.4 is 10.5 Å². The Bertz CT molecular complexity index is 511. The van der Waals surface area contributed by atoms with Crippen LogP contribution in [0.5, 0.6) is 0 Å². The van der Waals surface area contributed by atoms with Crippen molar-refractivity contribution in [1.29, 1.82) is 0 Å². The molecule has 1 saturated heterocycles. The quantitative estimate of drug-likeness (QED) is 0.772. The number of halogens is 1. The molecular formula is C16H28BrN3O. The predicted molar refractivity (Wildman–Crippen MR) is 94.3 cm³/mol. The lowest BCUT2D eigenvalue weighted by molar-refractivity contribution is 0.128. The summed E-state index contributed by atoms with van der Waals surface area (Å²) in [5, 5.41) is 0. The number of nitrogens with zero attached hydrogens (tertiary/aromatic N) is 3. The molecule has 1 aromatic heterocycles. The molecule has 0 bridgehead atoms. The van der Waals surface area contributed by atoms with Gasteiger partial charge in [-0.25, -0.2) is 0 Å². The standard InChI is InChI=1S/C14H22BrN3O.C2H6/c1-14(2,3)18-7-5-17(6-8-18)12-9-11(15)10-13(19)16(12)4;1-2/h9-10H,5-8H2,1-4H3;1-2H3. The molecule has 0 N–H and O–H groups in total. The third-order valence-corrected chi connectivity index (χ3v) is 4.21. The second-order valence-corrected chi connectivity index (χ2v) is 6.99. The van der Waals surface area contributed by atoms with Crippen molar-refractivity contribution < 1.29 is 0 Å². The van der Waals surface area contributed by atoms with E-state index in [4.69, 9.17) is 0 Å². The van der Waals surface area contributed by atoms with Gasteiger partial charge >= 0.3 is 0 Å². The maximum atomic E-state index is 11.8. The SMILES string of the molecule is CC.Cn1c(N2CCN(C(C)(C)C)CC2)cc(Br)cc1=O. The third kappa shape index (κ3) is 4.58. The van der Waals surface area contributed by atoms with E-state index in [2.05, 4.69) is 46.5 Å². The van der Waals surface area contributed by atoms with Crippen molar-refractivity contribution in [3.63, 3.8) is 0 Å². The van der Waals surface area contributed by atoms with Gasteiger partial charge in [0, 0.05) is 49.3 Å². The van der Waals surface area contributed by atoms with Crippen LogP contribution in [-0.2, 0) is 7.05 Å². The van der Waals surface area contributed by atoms with Crippen LogP contribution in [0.25, 0.3) is 0 Å². The molecule has 1 aliphatic rings. The summed E-state index contributed by atoms with van der Waals surface area (Å²) in [6.07, 6.45) is 0.